The zero-order valence-corrected chi connectivity index (χ0v) is 13.3. The van der Waals surface area contributed by atoms with Crippen molar-refractivity contribution in [2.45, 2.75) is 4.90 Å². The number of rotatable bonds is 4. The molecular weight excluding hydrogens is 332 g/mol. The number of benzene rings is 1. The lowest BCUT2D eigenvalue weighted by Crippen LogP contribution is -2.01. The van der Waals surface area contributed by atoms with Crippen LogP contribution in [-0.2, 0) is 14.6 Å². The Kier molecular flexibility index (Phi) is 4.51. The number of thiophene rings is 1. The second-order valence-electron chi connectivity index (χ2n) is 4.30. The second-order valence-corrected chi connectivity index (χ2v) is 8.06. The van der Waals surface area contributed by atoms with E-state index < -0.39 is 15.8 Å². The van der Waals surface area contributed by atoms with Crippen molar-refractivity contribution < 1.29 is 18.3 Å². The van der Waals surface area contributed by atoms with Crippen LogP contribution in [0.1, 0.15) is 10.4 Å². The summed E-state index contributed by atoms with van der Waals surface area (Å²) in [5.74, 6) is -1.09. The summed E-state index contributed by atoms with van der Waals surface area (Å²) < 4.78 is 23.4. The van der Waals surface area contributed by atoms with E-state index in [9.17, 15) is 18.3 Å². The molecule has 1 N–H and O–H groups in total. The summed E-state index contributed by atoms with van der Waals surface area (Å²) in [6, 6.07) is 9.15. The Bertz CT molecular complexity index is 802. The molecule has 7 heteroatoms. The third-order valence-corrected chi connectivity index (χ3v) is 5.01. The van der Waals surface area contributed by atoms with Gasteiger partial charge in [0.1, 0.15) is 0 Å². The first-order valence-electron chi connectivity index (χ1n) is 5.78. The van der Waals surface area contributed by atoms with Gasteiger partial charge in [-0.25, -0.2) is 13.2 Å². The zero-order valence-electron chi connectivity index (χ0n) is 10.9. The van der Waals surface area contributed by atoms with E-state index in [2.05, 4.69) is 0 Å². The molecule has 0 amide bonds. The fourth-order valence-corrected chi connectivity index (χ4v) is 3.33. The molecule has 0 atom stereocenters. The molecule has 21 heavy (non-hydrogen) atoms. The number of carboxylic acids is 1. The predicted octanol–water partition coefficient (Wildman–Crippen LogP) is 3.43. The Morgan fingerprint density at radius 2 is 1.81 bits per heavy atom. The smallest absolute Gasteiger partial charge is 0.336 e. The fourth-order valence-electron chi connectivity index (χ4n) is 1.70. The number of carbonyl (C=O) groups is 1. The van der Waals surface area contributed by atoms with E-state index in [1.54, 1.807) is 12.1 Å². The van der Waals surface area contributed by atoms with Crippen molar-refractivity contribution in [2.24, 2.45) is 0 Å². The van der Waals surface area contributed by atoms with Crippen molar-refractivity contribution in [3.8, 4) is 0 Å². The molecule has 0 fully saturated rings. The molecule has 4 nitrogen and oxygen atoms in total. The quantitative estimate of drug-likeness (QED) is 0.864. The van der Waals surface area contributed by atoms with Crippen LogP contribution < -0.4 is 0 Å². The molecule has 1 heterocycles. The van der Waals surface area contributed by atoms with Crippen LogP contribution in [0.15, 0.2) is 41.3 Å². The molecular formula is C14H11ClO4S2. The van der Waals surface area contributed by atoms with Crippen LogP contribution in [0.25, 0.3) is 11.6 Å². The van der Waals surface area contributed by atoms with Crippen molar-refractivity contribution in [1.82, 2.24) is 0 Å². The fraction of sp³-hybridized carbons (Fsp3) is 0.0714. The zero-order chi connectivity index (χ0) is 15.6. The minimum absolute atomic E-state index is 0.0774. The van der Waals surface area contributed by atoms with Crippen LogP contribution in [0, 0.1) is 0 Å². The third-order valence-electron chi connectivity index (χ3n) is 2.70. The average Bonchev–Trinajstić information content (AvgIpc) is 2.80. The van der Waals surface area contributed by atoms with Crippen LogP contribution in [-0.4, -0.2) is 25.7 Å². The van der Waals surface area contributed by atoms with Gasteiger partial charge in [-0.1, -0.05) is 23.7 Å². The maximum absolute atomic E-state index is 11.4. The summed E-state index contributed by atoms with van der Waals surface area (Å²) in [5.41, 5.74) is 0.507. The minimum atomic E-state index is -3.30. The van der Waals surface area contributed by atoms with E-state index in [0.717, 1.165) is 6.26 Å². The van der Waals surface area contributed by atoms with Crippen LogP contribution in [0.3, 0.4) is 0 Å². The molecule has 0 bridgehead atoms. The summed E-state index contributed by atoms with van der Waals surface area (Å²) in [4.78, 5) is 12.2. The Hall–Kier alpha value is -1.63. The molecule has 2 aromatic rings. The molecule has 0 aliphatic rings. The van der Waals surface area contributed by atoms with Gasteiger partial charge >= 0.3 is 5.97 Å². The molecule has 0 radical (unpaired) electrons. The second kappa shape index (κ2) is 6.01. The average molecular weight is 343 g/mol. The van der Waals surface area contributed by atoms with Crippen molar-refractivity contribution in [1.29, 1.82) is 0 Å². The summed E-state index contributed by atoms with van der Waals surface area (Å²) in [7, 11) is -3.30. The predicted molar refractivity (Wildman–Crippen MR) is 84.4 cm³/mol. The lowest BCUT2D eigenvalue weighted by molar-refractivity contribution is -0.130. The number of sulfone groups is 1. The van der Waals surface area contributed by atoms with Gasteiger partial charge in [0.15, 0.2) is 9.84 Å². The Morgan fingerprint density at radius 1 is 1.19 bits per heavy atom. The minimum Gasteiger partial charge on any atom is -0.478 e. The van der Waals surface area contributed by atoms with Crippen molar-refractivity contribution in [2.75, 3.05) is 6.26 Å². The van der Waals surface area contributed by atoms with E-state index >= 15 is 0 Å². The maximum Gasteiger partial charge on any atom is 0.336 e. The first-order valence-corrected chi connectivity index (χ1v) is 8.87. The molecule has 0 aliphatic carbocycles. The highest BCUT2D eigenvalue weighted by Gasteiger charge is 2.13. The summed E-state index contributed by atoms with van der Waals surface area (Å²) in [6.07, 6.45) is 2.61. The van der Waals surface area contributed by atoms with Crippen molar-refractivity contribution in [3.05, 3.63) is 51.2 Å². The van der Waals surface area contributed by atoms with E-state index in [1.807, 2.05) is 0 Å². The highest BCUT2D eigenvalue weighted by molar-refractivity contribution is 7.90. The van der Waals surface area contributed by atoms with Crippen molar-refractivity contribution >= 4 is 50.4 Å². The van der Waals surface area contributed by atoms with Gasteiger partial charge in [0.25, 0.3) is 0 Å². The largest absolute Gasteiger partial charge is 0.478 e. The topological polar surface area (TPSA) is 71.4 Å². The number of hydrogen-bond acceptors (Lipinski definition) is 4. The summed E-state index contributed by atoms with van der Waals surface area (Å²) >= 11 is 7.08. The summed E-state index contributed by atoms with van der Waals surface area (Å²) in [6.45, 7) is 0. The van der Waals surface area contributed by atoms with Crippen molar-refractivity contribution in [3.63, 3.8) is 0 Å². The van der Waals surface area contributed by atoms with Gasteiger partial charge < -0.3 is 5.11 Å². The Morgan fingerprint density at radius 3 is 2.24 bits per heavy atom. The SMILES string of the molecule is CS(=O)(=O)c1ccc(C(=Cc2ccc(Cl)s2)C(=O)O)cc1. The molecule has 0 spiro atoms. The highest BCUT2D eigenvalue weighted by atomic mass is 35.5. The van der Waals surface area contributed by atoms with Gasteiger partial charge in [-0.2, -0.15) is 0 Å². The molecule has 1 aromatic heterocycles. The first kappa shape index (κ1) is 15.8. The number of halogens is 1. The molecule has 0 saturated carbocycles. The summed E-state index contributed by atoms with van der Waals surface area (Å²) in [5, 5.41) is 9.31. The van der Waals surface area contributed by atoms with E-state index in [-0.39, 0.29) is 10.5 Å². The molecule has 1 aromatic carbocycles. The molecule has 0 unspecified atom stereocenters. The van der Waals surface area contributed by atoms with E-state index in [1.165, 1.54) is 41.7 Å². The van der Waals surface area contributed by atoms with Gasteiger partial charge in [-0.15, -0.1) is 11.3 Å². The van der Waals surface area contributed by atoms with Crippen LogP contribution in [0.5, 0.6) is 0 Å². The van der Waals surface area contributed by atoms with Crippen LogP contribution in [0.4, 0.5) is 0 Å². The van der Waals surface area contributed by atoms with Gasteiger partial charge in [0, 0.05) is 11.1 Å². The molecule has 0 aliphatic heterocycles. The first-order chi connectivity index (χ1) is 9.77. The molecule has 2 rings (SSSR count). The van der Waals surface area contributed by atoms with Gasteiger partial charge in [0.2, 0.25) is 0 Å². The normalized spacial score (nSPS) is 12.4. The lowest BCUT2D eigenvalue weighted by Gasteiger charge is -2.04. The molecule has 110 valence electrons. The van der Waals surface area contributed by atoms with Crippen LogP contribution in [0.2, 0.25) is 4.34 Å². The monoisotopic (exact) mass is 342 g/mol. The third kappa shape index (κ3) is 3.93. The highest BCUT2D eigenvalue weighted by Crippen LogP contribution is 2.27. The number of hydrogen-bond donors (Lipinski definition) is 1. The van der Waals surface area contributed by atoms with Gasteiger partial charge in [0.05, 0.1) is 14.8 Å². The maximum atomic E-state index is 11.4. The number of aliphatic carboxylic acids is 1. The lowest BCUT2D eigenvalue weighted by atomic mass is 10.1. The Balaban J connectivity index is 2.44. The molecule has 0 saturated heterocycles. The van der Waals surface area contributed by atoms with Crippen LogP contribution >= 0.6 is 22.9 Å². The van der Waals surface area contributed by atoms with Gasteiger partial charge in [-0.3, -0.25) is 0 Å². The van der Waals surface area contributed by atoms with E-state index in [4.69, 9.17) is 11.6 Å². The van der Waals surface area contributed by atoms with E-state index in [0.29, 0.717) is 14.8 Å². The number of carboxylic acid groups (broad SMARTS) is 1. The van der Waals surface area contributed by atoms with Gasteiger partial charge in [-0.05, 0) is 35.9 Å². The standard InChI is InChI=1S/C14H11ClO4S2/c1-21(18,19)11-5-2-9(3-6-11)12(14(16)17)8-10-4-7-13(15)20-10/h2-8H,1H3,(H,16,17). The Labute approximate surface area is 131 Å².